The first-order chi connectivity index (χ1) is 9.56. The Balaban J connectivity index is 2.17. The molecule has 2 rings (SSSR count). The van der Waals surface area contributed by atoms with Crippen LogP contribution >= 0.6 is 15.9 Å². The number of amides is 1. The number of likely N-dealkylation sites (tertiary alicyclic amines) is 1. The molecule has 6 heteroatoms. The van der Waals surface area contributed by atoms with Crippen molar-refractivity contribution in [2.24, 2.45) is 5.73 Å². The Kier molecular flexibility index (Phi) is 5.01. The first kappa shape index (κ1) is 15.3. The van der Waals surface area contributed by atoms with Crippen molar-refractivity contribution in [3.63, 3.8) is 0 Å². The van der Waals surface area contributed by atoms with Crippen molar-refractivity contribution in [1.82, 2.24) is 4.90 Å². The van der Waals surface area contributed by atoms with Crippen LogP contribution in [0.25, 0.3) is 0 Å². The Morgan fingerprint density at radius 1 is 1.60 bits per heavy atom. The summed E-state index contributed by atoms with van der Waals surface area (Å²) in [5, 5.41) is 9.69. The van der Waals surface area contributed by atoms with Crippen molar-refractivity contribution < 1.29 is 14.6 Å². The van der Waals surface area contributed by atoms with Crippen LogP contribution < -0.4 is 5.73 Å². The lowest BCUT2D eigenvalue weighted by Gasteiger charge is -2.38. The third-order valence-electron chi connectivity index (χ3n) is 3.73. The number of carbonyl (C=O) groups is 1. The molecule has 0 aromatic heterocycles. The number of halogens is 1. The van der Waals surface area contributed by atoms with Gasteiger partial charge in [-0.3, -0.25) is 4.79 Å². The molecule has 1 aliphatic rings. The highest BCUT2D eigenvalue weighted by Gasteiger charge is 2.31. The highest BCUT2D eigenvalue weighted by atomic mass is 79.9. The van der Waals surface area contributed by atoms with Gasteiger partial charge < -0.3 is 20.5 Å². The van der Waals surface area contributed by atoms with Gasteiger partial charge in [-0.05, 0) is 47.0 Å². The summed E-state index contributed by atoms with van der Waals surface area (Å²) in [7, 11) is 1.68. The smallest absolute Gasteiger partial charge is 0.254 e. The van der Waals surface area contributed by atoms with E-state index < -0.39 is 0 Å². The van der Waals surface area contributed by atoms with Gasteiger partial charge >= 0.3 is 0 Å². The Morgan fingerprint density at radius 2 is 2.35 bits per heavy atom. The van der Waals surface area contributed by atoms with Gasteiger partial charge in [-0.2, -0.15) is 0 Å². The molecule has 1 aliphatic heterocycles. The molecule has 110 valence electrons. The number of methoxy groups -OCH3 is 1. The average molecular weight is 343 g/mol. The molecule has 2 atom stereocenters. The minimum Gasteiger partial charge on any atom is -0.507 e. The van der Waals surface area contributed by atoms with Crippen molar-refractivity contribution in [3.05, 3.63) is 28.2 Å². The van der Waals surface area contributed by atoms with E-state index in [9.17, 15) is 9.90 Å². The molecule has 20 heavy (non-hydrogen) atoms. The Morgan fingerprint density at radius 3 is 2.95 bits per heavy atom. The van der Waals surface area contributed by atoms with E-state index in [0.29, 0.717) is 23.1 Å². The first-order valence-corrected chi connectivity index (χ1v) is 7.38. The summed E-state index contributed by atoms with van der Waals surface area (Å²) >= 11 is 3.21. The van der Waals surface area contributed by atoms with Crippen molar-refractivity contribution in [2.75, 3.05) is 20.2 Å². The molecule has 1 heterocycles. The van der Waals surface area contributed by atoms with Gasteiger partial charge in [-0.15, -0.1) is 0 Å². The van der Waals surface area contributed by atoms with Gasteiger partial charge in [0.15, 0.2) is 0 Å². The number of aromatic hydroxyl groups is 1. The fourth-order valence-electron chi connectivity index (χ4n) is 2.53. The van der Waals surface area contributed by atoms with E-state index in [1.807, 2.05) is 0 Å². The van der Waals surface area contributed by atoms with Gasteiger partial charge in [-0.1, -0.05) is 0 Å². The molecule has 0 aliphatic carbocycles. The predicted octanol–water partition coefficient (Wildman–Crippen LogP) is 1.73. The molecule has 1 saturated heterocycles. The summed E-state index contributed by atoms with van der Waals surface area (Å²) in [6.45, 7) is 1.03. The summed E-state index contributed by atoms with van der Waals surface area (Å²) in [6.07, 6.45) is 1.72. The van der Waals surface area contributed by atoms with Crippen LogP contribution in [0.15, 0.2) is 22.7 Å². The standard InChI is InChI=1S/C14H19BrN2O3/c1-20-11-4-5-17(10(7-11)8-16)14(19)9-2-3-12(15)13(18)6-9/h2-3,6,10-11,18H,4-5,7-8,16H2,1H3. The number of nitrogens with two attached hydrogens (primary N) is 1. The van der Waals surface area contributed by atoms with Gasteiger partial charge in [0.2, 0.25) is 0 Å². The summed E-state index contributed by atoms with van der Waals surface area (Å²) in [5.74, 6) is -0.0373. The molecular weight excluding hydrogens is 324 g/mol. The lowest BCUT2D eigenvalue weighted by molar-refractivity contribution is 0.0139. The zero-order valence-electron chi connectivity index (χ0n) is 11.4. The first-order valence-electron chi connectivity index (χ1n) is 6.59. The minimum absolute atomic E-state index is 0.0213. The zero-order valence-corrected chi connectivity index (χ0v) is 13.0. The SMILES string of the molecule is COC1CCN(C(=O)c2ccc(Br)c(O)c2)C(CN)C1. The number of phenolic OH excluding ortho intramolecular Hbond substituents is 1. The van der Waals surface area contributed by atoms with Gasteiger partial charge in [0.1, 0.15) is 5.75 Å². The van der Waals surface area contributed by atoms with E-state index >= 15 is 0 Å². The van der Waals surface area contributed by atoms with Gasteiger partial charge in [0.25, 0.3) is 5.91 Å². The summed E-state index contributed by atoms with van der Waals surface area (Å²) < 4.78 is 5.92. The van der Waals surface area contributed by atoms with Gasteiger partial charge in [0, 0.05) is 31.8 Å². The number of nitrogens with zero attached hydrogens (tertiary/aromatic N) is 1. The number of phenols is 1. The number of hydrogen-bond donors (Lipinski definition) is 2. The number of benzene rings is 1. The Hall–Kier alpha value is -1.11. The Bertz CT molecular complexity index is 495. The van der Waals surface area contributed by atoms with Crippen LogP contribution in [0.4, 0.5) is 0 Å². The van der Waals surface area contributed by atoms with Crippen LogP contribution in [-0.2, 0) is 4.74 Å². The molecule has 1 amide bonds. The largest absolute Gasteiger partial charge is 0.507 e. The number of ether oxygens (including phenoxy) is 1. The zero-order chi connectivity index (χ0) is 14.7. The van der Waals surface area contributed by atoms with E-state index in [-0.39, 0.29) is 23.8 Å². The highest BCUT2D eigenvalue weighted by molar-refractivity contribution is 9.10. The second-order valence-electron chi connectivity index (χ2n) is 4.94. The summed E-state index contributed by atoms with van der Waals surface area (Å²) in [4.78, 5) is 14.3. The monoisotopic (exact) mass is 342 g/mol. The Labute approximate surface area is 126 Å². The molecule has 5 nitrogen and oxygen atoms in total. The quantitative estimate of drug-likeness (QED) is 0.877. The number of piperidine rings is 1. The number of hydrogen-bond acceptors (Lipinski definition) is 4. The average Bonchev–Trinajstić information content (AvgIpc) is 2.48. The van der Waals surface area contributed by atoms with Gasteiger partial charge in [-0.25, -0.2) is 0 Å². The molecule has 2 unspecified atom stereocenters. The van der Waals surface area contributed by atoms with E-state index in [0.717, 1.165) is 12.8 Å². The van der Waals surface area contributed by atoms with Crippen molar-refractivity contribution in [1.29, 1.82) is 0 Å². The fourth-order valence-corrected chi connectivity index (χ4v) is 2.78. The fraction of sp³-hybridized carbons (Fsp3) is 0.500. The van der Waals surface area contributed by atoms with Crippen LogP contribution in [0.3, 0.4) is 0 Å². The predicted molar refractivity (Wildman–Crippen MR) is 79.7 cm³/mol. The third-order valence-corrected chi connectivity index (χ3v) is 4.40. The molecule has 1 fully saturated rings. The van der Waals surface area contributed by atoms with Crippen molar-refractivity contribution in [2.45, 2.75) is 25.0 Å². The topological polar surface area (TPSA) is 75.8 Å². The van der Waals surface area contributed by atoms with Crippen LogP contribution in [0.1, 0.15) is 23.2 Å². The molecule has 1 aromatic carbocycles. The second-order valence-corrected chi connectivity index (χ2v) is 5.79. The highest BCUT2D eigenvalue weighted by Crippen LogP contribution is 2.27. The molecule has 0 saturated carbocycles. The summed E-state index contributed by atoms with van der Waals surface area (Å²) in [5.41, 5.74) is 6.25. The summed E-state index contributed by atoms with van der Waals surface area (Å²) in [6, 6.07) is 4.82. The molecular formula is C14H19BrN2O3. The molecule has 0 spiro atoms. The molecule has 0 bridgehead atoms. The van der Waals surface area contributed by atoms with Crippen LogP contribution in [0, 0.1) is 0 Å². The van der Waals surface area contributed by atoms with E-state index in [4.69, 9.17) is 10.5 Å². The van der Waals surface area contributed by atoms with Crippen LogP contribution in [0.2, 0.25) is 0 Å². The normalized spacial score (nSPS) is 22.9. The molecule has 1 aromatic rings. The lowest BCUT2D eigenvalue weighted by atomic mass is 9.98. The van der Waals surface area contributed by atoms with Crippen molar-refractivity contribution >= 4 is 21.8 Å². The maximum atomic E-state index is 12.5. The lowest BCUT2D eigenvalue weighted by Crippen LogP contribution is -2.51. The second kappa shape index (κ2) is 6.56. The van der Waals surface area contributed by atoms with Gasteiger partial charge in [0.05, 0.1) is 10.6 Å². The van der Waals surface area contributed by atoms with E-state index in [1.54, 1.807) is 24.1 Å². The minimum atomic E-state index is -0.0993. The van der Waals surface area contributed by atoms with Crippen LogP contribution in [0.5, 0.6) is 5.75 Å². The maximum Gasteiger partial charge on any atom is 0.254 e. The van der Waals surface area contributed by atoms with E-state index in [1.165, 1.54) is 6.07 Å². The molecule has 0 radical (unpaired) electrons. The third kappa shape index (κ3) is 3.13. The number of rotatable bonds is 3. The van der Waals surface area contributed by atoms with E-state index in [2.05, 4.69) is 15.9 Å². The number of carbonyl (C=O) groups excluding carboxylic acids is 1. The van der Waals surface area contributed by atoms with Crippen molar-refractivity contribution in [3.8, 4) is 5.75 Å². The van der Waals surface area contributed by atoms with Crippen LogP contribution in [-0.4, -0.2) is 48.3 Å². The maximum absolute atomic E-state index is 12.5. The molecule has 3 N–H and O–H groups in total.